The molecule has 2 amide bonds. The van der Waals surface area contributed by atoms with Crippen molar-refractivity contribution in [1.29, 1.82) is 0 Å². The number of rotatable bonds is 7. The third kappa shape index (κ3) is 5.18. The van der Waals surface area contributed by atoms with Gasteiger partial charge in [0.25, 0.3) is 0 Å². The first-order valence-corrected chi connectivity index (χ1v) is 10.9. The van der Waals surface area contributed by atoms with Crippen LogP contribution in [0, 0.1) is 18.7 Å². The Labute approximate surface area is 175 Å². The van der Waals surface area contributed by atoms with E-state index in [0.717, 1.165) is 16.7 Å². The highest BCUT2D eigenvalue weighted by atomic mass is 32.2. The molecule has 6 heteroatoms. The Balaban J connectivity index is 1.81. The Morgan fingerprint density at radius 1 is 1.21 bits per heavy atom. The van der Waals surface area contributed by atoms with Crippen LogP contribution in [-0.2, 0) is 16.1 Å². The Morgan fingerprint density at radius 3 is 2.55 bits per heavy atom. The predicted molar refractivity (Wildman–Crippen MR) is 115 cm³/mol. The maximum atomic E-state index is 13.1. The van der Waals surface area contributed by atoms with Gasteiger partial charge in [0.15, 0.2) is 0 Å². The monoisotopic (exact) mass is 414 g/mol. The largest absolute Gasteiger partial charge is 0.350 e. The van der Waals surface area contributed by atoms with Gasteiger partial charge >= 0.3 is 0 Å². The minimum atomic E-state index is -0.539. The van der Waals surface area contributed by atoms with E-state index in [-0.39, 0.29) is 28.9 Å². The summed E-state index contributed by atoms with van der Waals surface area (Å²) in [5, 5.41) is 2.78. The number of benzene rings is 2. The van der Waals surface area contributed by atoms with Gasteiger partial charge in [0.1, 0.15) is 17.2 Å². The zero-order valence-corrected chi connectivity index (χ0v) is 17.8. The molecule has 0 bridgehead atoms. The number of halogens is 1. The summed E-state index contributed by atoms with van der Waals surface area (Å²) in [5.41, 5.74) is 3.00. The molecular weight excluding hydrogens is 387 g/mol. The van der Waals surface area contributed by atoms with Gasteiger partial charge in [-0.3, -0.25) is 9.59 Å². The van der Waals surface area contributed by atoms with E-state index >= 15 is 0 Å². The molecule has 2 aromatic rings. The second-order valence-electron chi connectivity index (χ2n) is 7.81. The van der Waals surface area contributed by atoms with Crippen LogP contribution in [0.1, 0.15) is 42.3 Å². The van der Waals surface area contributed by atoms with Gasteiger partial charge in [-0.2, -0.15) is 0 Å². The van der Waals surface area contributed by atoms with Gasteiger partial charge in [-0.05, 0) is 48.1 Å². The molecule has 1 aliphatic heterocycles. The minimum Gasteiger partial charge on any atom is -0.350 e. The summed E-state index contributed by atoms with van der Waals surface area (Å²) in [4.78, 5) is 27.7. The molecule has 0 spiro atoms. The van der Waals surface area contributed by atoms with Crippen LogP contribution in [0.2, 0.25) is 0 Å². The second kappa shape index (κ2) is 9.44. The highest BCUT2D eigenvalue weighted by molar-refractivity contribution is 8.00. The third-order valence-electron chi connectivity index (χ3n) is 5.07. The molecule has 154 valence electrons. The molecule has 2 aromatic carbocycles. The van der Waals surface area contributed by atoms with Crippen LogP contribution in [-0.4, -0.2) is 28.5 Å². The first-order chi connectivity index (χ1) is 13.9. The smallest absolute Gasteiger partial charge is 0.243 e. The topological polar surface area (TPSA) is 49.4 Å². The van der Waals surface area contributed by atoms with Crippen molar-refractivity contribution in [3.8, 4) is 0 Å². The van der Waals surface area contributed by atoms with Crippen molar-refractivity contribution in [2.45, 2.75) is 45.2 Å². The standard InChI is InChI=1S/C23H27FN2O2S/c1-15(2)12-20(22(28)25-13-17-8-10-18(24)11-9-17)26-21(27)14-29-23(26)19-7-5-4-6-16(19)3/h4-11,15,20,23H,12-14H2,1-3H3,(H,25,28). The van der Waals surface area contributed by atoms with Crippen molar-refractivity contribution in [3.63, 3.8) is 0 Å². The van der Waals surface area contributed by atoms with Crippen molar-refractivity contribution in [2.75, 3.05) is 5.75 Å². The van der Waals surface area contributed by atoms with Gasteiger partial charge in [-0.1, -0.05) is 50.2 Å². The molecule has 4 nitrogen and oxygen atoms in total. The summed E-state index contributed by atoms with van der Waals surface area (Å²) in [5.74, 6) is 0.146. The van der Waals surface area contributed by atoms with Crippen LogP contribution in [0.3, 0.4) is 0 Å². The molecule has 0 aromatic heterocycles. The number of hydrogen-bond acceptors (Lipinski definition) is 3. The molecule has 29 heavy (non-hydrogen) atoms. The zero-order valence-electron chi connectivity index (χ0n) is 17.0. The summed E-state index contributed by atoms with van der Waals surface area (Å²) in [6, 6.07) is 13.5. The summed E-state index contributed by atoms with van der Waals surface area (Å²) < 4.78 is 13.1. The van der Waals surface area contributed by atoms with Crippen LogP contribution >= 0.6 is 11.8 Å². The fraction of sp³-hybridized carbons (Fsp3) is 0.391. The van der Waals surface area contributed by atoms with E-state index in [9.17, 15) is 14.0 Å². The molecule has 2 atom stereocenters. The van der Waals surface area contributed by atoms with Gasteiger partial charge in [-0.15, -0.1) is 11.8 Å². The van der Waals surface area contributed by atoms with Crippen LogP contribution in [0.25, 0.3) is 0 Å². The van der Waals surface area contributed by atoms with Crippen molar-refractivity contribution in [2.24, 2.45) is 5.92 Å². The van der Waals surface area contributed by atoms with E-state index < -0.39 is 6.04 Å². The maximum absolute atomic E-state index is 13.1. The quantitative estimate of drug-likeness (QED) is 0.729. The number of nitrogens with zero attached hydrogens (tertiary/aromatic N) is 1. The molecule has 0 radical (unpaired) electrons. The van der Waals surface area contributed by atoms with E-state index in [1.807, 2.05) is 31.2 Å². The Bertz CT molecular complexity index is 869. The molecule has 0 saturated carbocycles. The molecule has 3 rings (SSSR count). The first kappa shape index (κ1) is 21.4. The summed E-state index contributed by atoms with van der Waals surface area (Å²) >= 11 is 1.57. The Kier molecular flexibility index (Phi) is 6.96. The fourth-order valence-electron chi connectivity index (χ4n) is 3.58. The van der Waals surface area contributed by atoms with Gasteiger partial charge < -0.3 is 10.2 Å². The SMILES string of the molecule is Cc1ccccc1C1SCC(=O)N1C(CC(C)C)C(=O)NCc1ccc(F)cc1. The molecule has 0 aliphatic carbocycles. The molecular formula is C23H27FN2O2S. The lowest BCUT2D eigenvalue weighted by Gasteiger charge is -2.33. The number of nitrogens with one attached hydrogen (secondary N) is 1. The lowest BCUT2D eigenvalue weighted by atomic mass is 9.99. The molecule has 1 heterocycles. The highest BCUT2D eigenvalue weighted by Gasteiger charge is 2.41. The van der Waals surface area contributed by atoms with Crippen molar-refractivity contribution >= 4 is 23.6 Å². The van der Waals surface area contributed by atoms with Gasteiger partial charge in [0.2, 0.25) is 11.8 Å². The Hall–Kier alpha value is -2.34. The van der Waals surface area contributed by atoms with Crippen molar-refractivity contribution < 1.29 is 14.0 Å². The third-order valence-corrected chi connectivity index (χ3v) is 6.28. The summed E-state index contributed by atoms with van der Waals surface area (Å²) in [7, 11) is 0. The molecule has 1 fully saturated rings. The fourth-order valence-corrected chi connectivity index (χ4v) is 4.90. The average molecular weight is 415 g/mol. The van der Waals surface area contributed by atoms with Gasteiger partial charge in [-0.25, -0.2) is 4.39 Å². The number of carbonyl (C=O) groups excluding carboxylic acids is 2. The van der Waals surface area contributed by atoms with E-state index in [0.29, 0.717) is 18.7 Å². The van der Waals surface area contributed by atoms with Gasteiger partial charge in [0, 0.05) is 6.54 Å². The number of thioether (sulfide) groups is 1. The van der Waals surface area contributed by atoms with Crippen LogP contribution in [0.4, 0.5) is 4.39 Å². The molecule has 1 N–H and O–H groups in total. The Morgan fingerprint density at radius 2 is 1.90 bits per heavy atom. The van der Waals surface area contributed by atoms with Crippen molar-refractivity contribution in [1.82, 2.24) is 10.2 Å². The lowest BCUT2D eigenvalue weighted by Crippen LogP contribution is -2.49. The minimum absolute atomic E-state index is 0.00849. The first-order valence-electron chi connectivity index (χ1n) is 9.87. The van der Waals surface area contributed by atoms with E-state index in [4.69, 9.17) is 0 Å². The highest BCUT2D eigenvalue weighted by Crippen LogP contribution is 2.42. The van der Waals surface area contributed by atoms with E-state index in [1.54, 1.807) is 28.8 Å². The summed E-state index contributed by atoms with van der Waals surface area (Å²) in [6.07, 6.45) is 0.587. The van der Waals surface area contributed by atoms with Crippen LogP contribution in [0.15, 0.2) is 48.5 Å². The lowest BCUT2D eigenvalue weighted by molar-refractivity contribution is -0.139. The normalized spacial score (nSPS) is 17.6. The summed E-state index contributed by atoms with van der Waals surface area (Å²) in [6.45, 7) is 6.44. The molecule has 1 aliphatic rings. The zero-order chi connectivity index (χ0) is 21.0. The van der Waals surface area contributed by atoms with E-state index in [2.05, 4.69) is 19.2 Å². The second-order valence-corrected chi connectivity index (χ2v) is 8.88. The molecule has 1 saturated heterocycles. The van der Waals surface area contributed by atoms with Gasteiger partial charge in [0.05, 0.1) is 5.75 Å². The number of carbonyl (C=O) groups is 2. The predicted octanol–water partition coefficient (Wildman–Crippen LogP) is 4.44. The molecule has 2 unspecified atom stereocenters. The average Bonchev–Trinajstić information content (AvgIpc) is 3.06. The van der Waals surface area contributed by atoms with Crippen LogP contribution < -0.4 is 5.32 Å². The number of aryl methyl sites for hydroxylation is 1. The van der Waals surface area contributed by atoms with Crippen LogP contribution in [0.5, 0.6) is 0 Å². The van der Waals surface area contributed by atoms with E-state index in [1.165, 1.54) is 12.1 Å². The van der Waals surface area contributed by atoms with Crippen molar-refractivity contribution in [3.05, 3.63) is 71.0 Å². The number of hydrogen-bond donors (Lipinski definition) is 1. The maximum Gasteiger partial charge on any atom is 0.243 e. The number of amides is 2.